The second-order valence-corrected chi connectivity index (χ2v) is 8.73. The van der Waals surface area contributed by atoms with Gasteiger partial charge >= 0.3 is 0 Å². The Kier molecular flexibility index (Phi) is 12.9. The minimum Gasteiger partial charge on any atom is -0.379 e. The van der Waals surface area contributed by atoms with Crippen LogP contribution in [0.2, 0.25) is 0 Å². The van der Waals surface area contributed by atoms with Gasteiger partial charge in [0.15, 0.2) is 5.96 Å². The lowest BCUT2D eigenvalue weighted by Gasteiger charge is -2.35. The van der Waals surface area contributed by atoms with E-state index in [0.717, 1.165) is 77.0 Å². The number of rotatable bonds is 9. The van der Waals surface area contributed by atoms with Crippen LogP contribution in [0.3, 0.4) is 0 Å². The molecular formula is C24H41FIN5O2. The molecule has 0 aliphatic carbocycles. The van der Waals surface area contributed by atoms with Crippen molar-refractivity contribution in [2.75, 3.05) is 65.6 Å². The van der Waals surface area contributed by atoms with Gasteiger partial charge in [-0.15, -0.1) is 24.0 Å². The number of nitrogens with zero attached hydrogens (tertiary/aromatic N) is 3. The number of guanidine groups is 1. The summed E-state index contributed by atoms with van der Waals surface area (Å²) in [6.45, 7) is 14.9. The number of benzene rings is 1. The molecule has 1 aromatic rings. The molecule has 0 saturated carbocycles. The van der Waals surface area contributed by atoms with Gasteiger partial charge in [-0.25, -0.2) is 4.39 Å². The van der Waals surface area contributed by atoms with E-state index < -0.39 is 0 Å². The van der Waals surface area contributed by atoms with Crippen molar-refractivity contribution in [2.45, 2.75) is 45.4 Å². The van der Waals surface area contributed by atoms with Crippen molar-refractivity contribution in [1.82, 2.24) is 20.4 Å². The zero-order valence-corrected chi connectivity index (χ0v) is 22.6. The molecule has 3 unspecified atom stereocenters. The highest BCUT2D eigenvalue weighted by Crippen LogP contribution is 2.22. The van der Waals surface area contributed by atoms with Crippen LogP contribution in [-0.2, 0) is 9.47 Å². The number of nitrogens with one attached hydrogen (secondary N) is 2. The van der Waals surface area contributed by atoms with Crippen LogP contribution in [0.5, 0.6) is 0 Å². The molecular weight excluding hydrogens is 536 g/mol. The fourth-order valence-corrected chi connectivity index (χ4v) is 4.50. The smallest absolute Gasteiger partial charge is 0.191 e. The van der Waals surface area contributed by atoms with Crippen molar-refractivity contribution >= 4 is 29.9 Å². The Morgan fingerprint density at radius 3 is 2.42 bits per heavy atom. The fraction of sp³-hybridized carbons (Fsp3) is 0.708. The van der Waals surface area contributed by atoms with Gasteiger partial charge in [0.2, 0.25) is 0 Å². The van der Waals surface area contributed by atoms with Crippen LogP contribution < -0.4 is 10.6 Å². The van der Waals surface area contributed by atoms with Crippen LogP contribution in [0.15, 0.2) is 29.3 Å². The number of ether oxygens (including phenoxy) is 2. The highest BCUT2D eigenvalue weighted by atomic mass is 127. The third-order valence-electron chi connectivity index (χ3n) is 5.95. The van der Waals surface area contributed by atoms with E-state index in [0.29, 0.717) is 18.8 Å². The quantitative estimate of drug-likeness (QED) is 0.204. The number of halogens is 2. The van der Waals surface area contributed by atoms with Crippen molar-refractivity contribution in [1.29, 1.82) is 0 Å². The topological polar surface area (TPSA) is 61.4 Å². The van der Waals surface area contributed by atoms with Gasteiger partial charge in [-0.1, -0.05) is 12.1 Å². The lowest BCUT2D eigenvalue weighted by atomic mass is 10.0. The third kappa shape index (κ3) is 9.64. The van der Waals surface area contributed by atoms with Gasteiger partial charge in [-0.2, -0.15) is 0 Å². The first-order valence-electron chi connectivity index (χ1n) is 12.0. The standard InChI is InChI=1S/C24H40FN5O2.HI/c1-4-26-24(27-10-5-11-29-17-19(2)32-20(3)18-29)28-16-23(30-12-14-31-15-13-30)21-6-8-22(25)9-7-21;/h6-9,19-20,23H,4-5,10-18H2,1-3H3,(H2,26,27,28);1H. The van der Waals surface area contributed by atoms with Crippen molar-refractivity contribution in [2.24, 2.45) is 4.99 Å². The van der Waals surface area contributed by atoms with E-state index in [2.05, 4.69) is 41.2 Å². The zero-order chi connectivity index (χ0) is 22.8. The molecule has 0 bridgehead atoms. The van der Waals surface area contributed by atoms with Crippen LogP contribution in [0, 0.1) is 5.82 Å². The van der Waals surface area contributed by atoms with Gasteiger partial charge in [0, 0.05) is 45.8 Å². The summed E-state index contributed by atoms with van der Waals surface area (Å²) in [6.07, 6.45) is 1.65. The maximum Gasteiger partial charge on any atom is 0.191 e. The van der Waals surface area contributed by atoms with E-state index in [9.17, 15) is 4.39 Å². The minimum atomic E-state index is -0.211. The van der Waals surface area contributed by atoms with Gasteiger partial charge in [0.1, 0.15) is 5.82 Å². The van der Waals surface area contributed by atoms with Crippen molar-refractivity contribution < 1.29 is 13.9 Å². The molecule has 1 aromatic carbocycles. The van der Waals surface area contributed by atoms with Crippen molar-refractivity contribution in [3.8, 4) is 0 Å². The molecule has 9 heteroatoms. The Bertz CT molecular complexity index is 693. The average molecular weight is 578 g/mol. The van der Waals surface area contributed by atoms with Crippen LogP contribution in [0.1, 0.15) is 38.8 Å². The molecule has 188 valence electrons. The van der Waals surface area contributed by atoms with E-state index in [1.54, 1.807) is 0 Å². The SMILES string of the molecule is CCNC(=NCC(c1ccc(F)cc1)N1CCOCC1)NCCCN1CC(C)OC(C)C1.I. The van der Waals surface area contributed by atoms with Crippen LogP contribution >= 0.6 is 24.0 Å². The second kappa shape index (κ2) is 15.1. The monoisotopic (exact) mass is 577 g/mol. The first-order valence-corrected chi connectivity index (χ1v) is 12.0. The van der Waals surface area contributed by atoms with E-state index in [4.69, 9.17) is 14.5 Å². The molecule has 2 aliphatic rings. The molecule has 0 amide bonds. The zero-order valence-electron chi connectivity index (χ0n) is 20.3. The van der Waals surface area contributed by atoms with Gasteiger partial charge in [-0.3, -0.25) is 14.8 Å². The first-order chi connectivity index (χ1) is 15.5. The Labute approximate surface area is 215 Å². The van der Waals surface area contributed by atoms with E-state index in [1.807, 2.05) is 12.1 Å². The third-order valence-corrected chi connectivity index (χ3v) is 5.95. The summed E-state index contributed by atoms with van der Waals surface area (Å²) >= 11 is 0. The lowest BCUT2D eigenvalue weighted by molar-refractivity contribution is -0.0679. The molecule has 3 rings (SSSR count). The summed E-state index contributed by atoms with van der Waals surface area (Å²) in [6, 6.07) is 6.91. The normalized spacial score (nSPS) is 23.6. The molecule has 0 aromatic heterocycles. The highest BCUT2D eigenvalue weighted by Gasteiger charge is 2.23. The van der Waals surface area contributed by atoms with Crippen molar-refractivity contribution in [3.63, 3.8) is 0 Å². The fourth-order valence-electron chi connectivity index (χ4n) is 4.50. The summed E-state index contributed by atoms with van der Waals surface area (Å²) in [4.78, 5) is 9.74. The predicted octanol–water partition coefficient (Wildman–Crippen LogP) is 2.87. The maximum absolute atomic E-state index is 13.5. The van der Waals surface area contributed by atoms with Crippen LogP contribution in [0.4, 0.5) is 4.39 Å². The Hall–Kier alpha value is -1.01. The molecule has 7 nitrogen and oxygen atoms in total. The number of aliphatic imine (C=N–C) groups is 1. The molecule has 2 fully saturated rings. The molecule has 0 radical (unpaired) electrons. The average Bonchev–Trinajstić information content (AvgIpc) is 2.78. The molecule has 2 N–H and O–H groups in total. The summed E-state index contributed by atoms with van der Waals surface area (Å²) in [5, 5.41) is 6.84. The van der Waals surface area contributed by atoms with Crippen LogP contribution in [-0.4, -0.2) is 93.5 Å². The Morgan fingerprint density at radius 1 is 1.12 bits per heavy atom. The van der Waals surface area contributed by atoms with Gasteiger partial charge < -0.3 is 20.1 Å². The number of hydrogen-bond acceptors (Lipinski definition) is 5. The molecule has 0 spiro atoms. The Morgan fingerprint density at radius 2 is 1.79 bits per heavy atom. The number of hydrogen-bond donors (Lipinski definition) is 2. The predicted molar refractivity (Wildman–Crippen MR) is 142 cm³/mol. The van der Waals surface area contributed by atoms with E-state index >= 15 is 0 Å². The first kappa shape index (κ1) is 28.2. The maximum atomic E-state index is 13.5. The summed E-state index contributed by atoms with van der Waals surface area (Å²) in [7, 11) is 0. The summed E-state index contributed by atoms with van der Waals surface area (Å²) in [5.74, 6) is 0.619. The molecule has 33 heavy (non-hydrogen) atoms. The van der Waals surface area contributed by atoms with Gasteiger partial charge in [0.05, 0.1) is 38.0 Å². The lowest BCUT2D eigenvalue weighted by Crippen LogP contribution is -2.46. The van der Waals surface area contributed by atoms with Gasteiger partial charge in [-0.05, 0) is 44.9 Å². The van der Waals surface area contributed by atoms with Crippen LogP contribution in [0.25, 0.3) is 0 Å². The highest BCUT2D eigenvalue weighted by molar-refractivity contribution is 14.0. The number of morpholine rings is 2. The Balaban J connectivity index is 0.00000385. The summed E-state index contributed by atoms with van der Waals surface area (Å²) in [5.41, 5.74) is 1.09. The molecule has 3 atom stereocenters. The van der Waals surface area contributed by atoms with E-state index in [-0.39, 0.29) is 35.8 Å². The molecule has 2 aliphatic heterocycles. The van der Waals surface area contributed by atoms with E-state index in [1.165, 1.54) is 12.1 Å². The molecule has 2 saturated heterocycles. The minimum absolute atomic E-state index is 0. The largest absolute Gasteiger partial charge is 0.379 e. The molecule has 2 heterocycles. The van der Waals surface area contributed by atoms with Gasteiger partial charge in [0.25, 0.3) is 0 Å². The summed E-state index contributed by atoms with van der Waals surface area (Å²) < 4.78 is 24.8. The van der Waals surface area contributed by atoms with Crippen molar-refractivity contribution in [3.05, 3.63) is 35.6 Å². The second-order valence-electron chi connectivity index (χ2n) is 8.73.